The number of carbonyl (C=O) groups is 2. The van der Waals surface area contributed by atoms with Crippen molar-refractivity contribution in [2.75, 3.05) is 10.6 Å². The Morgan fingerprint density at radius 1 is 1.33 bits per heavy atom. The molecule has 2 aromatic rings. The predicted molar refractivity (Wildman–Crippen MR) is 73.6 cm³/mol. The SMILES string of the molecule is NC(=O)Nc1cc(Oc2ccc(NC=O)cc2F)ccn1. The molecule has 3 amide bonds. The summed E-state index contributed by atoms with van der Waals surface area (Å²) in [5, 5.41) is 4.60. The van der Waals surface area contributed by atoms with E-state index in [0.717, 1.165) is 6.07 Å². The molecule has 0 saturated heterocycles. The normalized spacial score (nSPS) is 9.76. The van der Waals surface area contributed by atoms with E-state index >= 15 is 0 Å². The lowest BCUT2D eigenvalue weighted by molar-refractivity contribution is -0.105. The van der Waals surface area contributed by atoms with Gasteiger partial charge in [-0.1, -0.05) is 0 Å². The molecule has 0 aliphatic heterocycles. The number of ether oxygens (including phenoxy) is 1. The minimum absolute atomic E-state index is 0.0392. The zero-order chi connectivity index (χ0) is 15.2. The summed E-state index contributed by atoms with van der Waals surface area (Å²) in [6.45, 7) is 0. The van der Waals surface area contributed by atoms with E-state index < -0.39 is 11.8 Å². The first-order valence-electron chi connectivity index (χ1n) is 5.78. The number of urea groups is 1. The molecule has 0 fully saturated rings. The van der Waals surface area contributed by atoms with Crippen molar-refractivity contribution in [2.45, 2.75) is 0 Å². The maximum Gasteiger partial charge on any atom is 0.317 e. The van der Waals surface area contributed by atoms with E-state index in [0.29, 0.717) is 12.1 Å². The second-order valence-electron chi connectivity index (χ2n) is 3.88. The fraction of sp³-hybridized carbons (Fsp3) is 0. The van der Waals surface area contributed by atoms with Crippen LogP contribution in [0.25, 0.3) is 0 Å². The van der Waals surface area contributed by atoms with E-state index in [1.807, 2.05) is 0 Å². The standard InChI is InChI=1S/C13H11FN4O3/c14-10-5-8(17-7-19)1-2-11(10)21-9-3-4-16-12(6-9)18-13(15)20/h1-7H,(H,17,19)(H3,15,16,18,20). The van der Waals surface area contributed by atoms with E-state index in [-0.39, 0.29) is 17.3 Å². The Hall–Kier alpha value is -3.16. The Morgan fingerprint density at radius 3 is 2.81 bits per heavy atom. The number of benzene rings is 1. The number of amides is 3. The average Bonchev–Trinajstić information content (AvgIpc) is 2.42. The van der Waals surface area contributed by atoms with Gasteiger partial charge in [0.15, 0.2) is 11.6 Å². The van der Waals surface area contributed by atoms with Crippen LogP contribution < -0.4 is 21.1 Å². The lowest BCUT2D eigenvalue weighted by Crippen LogP contribution is -2.19. The van der Waals surface area contributed by atoms with E-state index in [1.54, 1.807) is 0 Å². The van der Waals surface area contributed by atoms with Crippen LogP contribution in [0.3, 0.4) is 0 Å². The minimum atomic E-state index is -0.768. The number of nitrogens with one attached hydrogen (secondary N) is 2. The lowest BCUT2D eigenvalue weighted by atomic mass is 10.3. The van der Waals surface area contributed by atoms with Crippen LogP contribution in [0.5, 0.6) is 11.5 Å². The summed E-state index contributed by atoms with van der Waals surface area (Å²) in [6.07, 6.45) is 1.82. The maximum atomic E-state index is 13.8. The average molecular weight is 290 g/mol. The maximum absolute atomic E-state index is 13.8. The second kappa shape index (κ2) is 6.33. The third-order valence-electron chi connectivity index (χ3n) is 2.37. The van der Waals surface area contributed by atoms with Gasteiger partial charge in [0, 0.05) is 24.0 Å². The summed E-state index contributed by atoms with van der Waals surface area (Å²) < 4.78 is 19.1. The van der Waals surface area contributed by atoms with Crippen molar-refractivity contribution in [3.63, 3.8) is 0 Å². The molecule has 0 aliphatic carbocycles. The molecular formula is C13H11FN4O3. The molecule has 7 nitrogen and oxygen atoms in total. The number of hydrogen-bond donors (Lipinski definition) is 3. The molecule has 0 radical (unpaired) electrons. The molecule has 2 rings (SSSR count). The van der Waals surface area contributed by atoms with Crippen LogP contribution in [-0.4, -0.2) is 17.4 Å². The molecule has 0 atom stereocenters. The van der Waals surface area contributed by atoms with Crippen molar-refractivity contribution in [2.24, 2.45) is 5.73 Å². The molecule has 0 bridgehead atoms. The lowest BCUT2D eigenvalue weighted by Gasteiger charge is -2.09. The molecular weight excluding hydrogens is 279 g/mol. The van der Waals surface area contributed by atoms with Gasteiger partial charge in [-0.3, -0.25) is 10.1 Å². The van der Waals surface area contributed by atoms with Crippen LogP contribution >= 0.6 is 0 Å². The topological polar surface area (TPSA) is 106 Å². The first-order chi connectivity index (χ1) is 10.1. The highest BCUT2D eigenvalue weighted by Gasteiger charge is 2.07. The summed E-state index contributed by atoms with van der Waals surface area (Å²) >= 11 is 0. The van der Waals surface area contributed by atoms with E-state index in [2.05, 4.69) is 15.6 Å². The van der Waals surface area contributed by atoms with E-state index in [9.17, 15) is 14.0 Å². The molecule has 0 spiro atoms. The van der Waals surface area contributed by atoms with Gasteiger partial charge in [-0.05, 0) is 18.2 Å². The highest BCUT2D eigenvalue weighted by Crippen LogP contribution is 2.27. The molecule has 0 aliphatic rings. The predicted octanol–water partition coefficient (Wildman–Crippen LogP) is 2.07. The van der Waals surface area contributed by atoms with Crippen molar-refractivity contribution in [3.05, 3.63) is 42.3 Å². The van der Waals surface area contributed by atoms with Gasteiger partial charge < -0.3 is 15.8 Å². The van der Waals surface area contributed by atoms with Gasteiger partial charge in [-0.15, -0.1) is 0 Å². The van der Waals surface area contributed by atoms with Crippen molar-refractivity contribution < 1.29 is 18.7 Å². The van der Waals surface area contributed by atoms with Gasteiger partial charge in [0.05, 0.1) is 0 Å². The summed E-state index contributed by atoms with van der Waals surface area (Å²) in [7, 11) is 0. The molecule has 1 aromatic carbocycles. The Balaban J connectivity index is 2.18. The van der Waals surface area contributed by atoms with Gasteiger partial charge in [0.25, 0.3) is 0 Å². The largest absolute Gasteiger partial charge is 0.454 e. The molecule has 108 valence electrons. The summed E-state index contributed by atoms with van der Waals surface area (Å²) in [6, 6.07) is 6.08. The Kier molecular flexibility index (Phi) is 4.30. The second-order valence-corrected chi connectivity index (χ2v) is 3.88. The number of carbonyl (C=O) groups excluding carboxylic acids is 2. The van der Waals surface area contributed by atoms with Crippen molar-refractivity contribution in [1.29, 1.82) is 0 Å². The number of anilines is 2. The highest BCUT2D eigenvalue weighted by molar-refractivity contribution is 5.86. The number of hydrogen-bond acceptors (Lipinski definition) is 4. The van der Waals surface area contributed by atoms with Crippen LogP contribution in [0.15, 0.2) is 36.5 Å². The van der Waals surface area contributed by atoms with Crippen LogP contribution in [-0.2, 0) is 4.79 Å². The molecule has 21 heavy (non-hydrogen) atoms. The molecule has 1 heterocycles. The number of halogens is 1. The van der Waals surface area contributed by atoms with Gasteiger partial charge in [-0.25, -0.2) is 14.2 Å². The molecule has 1 aromatic heterocycles. The van der Waals surface area contributed by atoms with Crippen LogP contribution in [0.2, 0.25) is 0 Å². The number of nitrogens with two attached hydrogens (primary N) is 1. The Bertz CT molecular complexity index is 678. The van der Waals surface area contributed by atoms with E-state index in [1.165, 1.54) is 30.5 Å². The molecule has 8 heteroatoms. The number of rotatable bonds is 5. The first-order valence-corrected chi connectivity index (χ1v) is 5.78. The molecule has 4 N–H and O–H groups in total. The highest BCUT2D eigenvalue weighted by atomic mass is 19.1. The van der Waals surface area contributed by atoms with Crippen molar-refractivity contribution in [1.82, 2.24) is 4.98 Å². The van der Waals surface area contributed by atoms with E-state index in [4.69, 9.17) is 10.5 Å². The third kappa shape index (κ3) is 3.90. The molecule has 0 saturated carbocycles. The number of primary amides is 1. The smallest absolute Gasteiger partial charge is 0.317 e. The zero-order valence-electron chi connectivity index (χ0n) is 10.7. The third-order valence-corrected chi connectivity index (χ3v) is 2.37. The quantitative estimate of drug-likeness (QED) is 0.733. The summed E-state index contributed by atoms with van der Waals surface area (Å²) in [5.74, 6) is -0.242. The van der Waals surface area contributed by atoms with Crippen LogP contribution in [0, 0.1) is 5.82 Å². The van der Waals surface area contributed by atoms with Crippen LogP contribution in [0.4, 0.5) is 20.7 Å². The van der Waals surface area contributed by atoms with Gasteiger partial charge in [-0.2, -0.15) is 0 Å². The Morgan fingerprint density at radius 2 is 2.14 bits per heavy atom. The monoisotopic (exact) mass is 290 g/mol. The van der Waals surface area contributed by atoms with Crippen LogP contribution in [0.1, 0.15) is 0 Å². The number of aromatic nitrogens is 1. The zero-order valence-corrected chi connectivity index (χ0v) is 10.7. The summed E-state index contributed by atoms with van der Waals surface area (Å²) in [4.78, 5) is 24.8. The fourth-order valence-electron chi connectivity index (χ4n) is 1.54. The van der Waals surface area contributed by atoms with Gasteiger partial charge >= 0.3 is 6.03 Å². The number of pyridine rings is 1. The fourth-order valence-corrected chi connectivity index (χ4v) is 1.54. The van der Waals surface area contributed by atoms with Crippen molar-refractivity contribution in [3.8, 4) is 11.5 Å². The van der Waals surface area contributed by atoms with Gasteiger partial charge in [0.1, 0.15) is 11.6 Å². The summed E-state index contributed by atoms with van der Waals surface area (Å²) in [5.41, 5.74) is 5.28. The minimum Gasteiger partial charge on any atom is -0.454 e. The number of nitrogens with zero attached hydrogens (tertiary/aromatic N) is 1. The molecule has 0 unspecified atom stereocenters. The Labute approximate surface area is 118 Å². The first kappa shape index (κ1) is 14.3. The van der Waals surface area contributed by atoms with Gasteiger partial charge in [0.2, 0.25) is 6.41 Å². The van der Waals surface area contributed by atoms with Crippen molar-refractivity contribution >= 4 is 23.9 Å².